The predicted octanol–water partition coefficient (Wildman–Crippen LogP) is 3.16. The number of aromatic carboxylic acids is 1. The lowest BCUT2D eigenvalue weighted by Crippen LogP contribution is -2.36. The van der Waals surface area contributed by atoms with Gasteiger partial charge >= 0.3 is 5.97 Å². The topological polar surface area (TPSA) is 78.5 Å². The molecule has 0 amide bonds. The van der Waals surface area contributed by atoms with Crippen molar-refractivity contribution in [1.29, 1.82) is 0 Å². The van der Waals surface area contributed by atoms with E-state index in [9.17, 15) is 18.7 Å². The molecule has 2 aliphatic rings. The van der Waals surface area contributed by atoms with Crippen molar-refractivity contribution in [1.82, 2.24) is 14.9 Å². The van der Waals surface area contributed by atoms with Crippen LogP contribution in [0.3, 0.4) is 0 Å². The number of carboxylic acids is 1. The second-order valence-corrected chi connectivity index (χ2v) is 6.59. The van der Waals surface area contributed by atoms with Crippen LogP contribution in [-0.4, -0.2) is 58.7 Å². The first-order valence-corrected chi connectivity index (χ1v) is 8.79. The number of aromatic amines is 1. The van der Waals surface area contributed by atoms with Crippen molar-refractivity contribution >= 4 is 17.0 Å². The van der Waals surface area contributed by atoms with Gasteiger partial charge in [0, 0.05) is 30.3 Å². The number of para-hydroxylation sites is 1. The summed E-state index contributed by atoms with van der Waals surface area (Å²) < 4.78 is 32.9. The van der Waals surface area contributed by atoms with Crippen LogP contribution in [0.15, 0.2) is 41.6 Å². The Balaban J connectivity index is 1.68. The molecule has 0 bridgehead atoms. The van der Waals surface area contributed by atoms with Crippen LogP contribution in [0.1, 0.15) is 28.5 Å². The van der Waals surface area contributed by atoms with E-state index in [2.05, 4.69) is 9.97 Å². The maximum Gasteiger partial charge on any atom is 0.337 e. The van der Waals surface area contributed by atoms with E-state index in [0.717, 1.165) is 5.70 Å². The lowest BCUT2D eigenvalue weighted by molar-refractivity contribution is 0.0547. The van der Waals surface area contributed by atoms with Gasteiger partial charge in [-0.15, -0.1) is 0 Å². The Morgan fingerprint density at radius 2 is 2.11 bits per heavy atom. The molecule has 0 radical (unpaired) electrons. The molecule has 27 heavy (non-hydrogen) atoms. The molecule has 0 saturated carbocycles. The fourth-order valence-electron chi connectivity index (χ4n) is 3.62. The van der Waals surface area contributed by atoms with Crippen molar-refractivity contribution in [3.8, 4) is 0 Å². The Morgan fingerprint density at radius 1 is 1.33 bits per heavy atom. The molecule has 2 N–H and O–H groups in total. The van der Waals surface area contributed by atoms with Crippen LogP contribution in [0.25, 0.3) is 11.0 Å². The number of H-pyrrole nitrogens is 1. The second kappa shape index (κ2) is 7.11. The number of hydrogen-bond acceptors (Lipinski definition) is 4. The molecular weight excluding hydrogens is 356 g/mol. The molecule has 142 valence electrons. The molecule has 0 spiro atoms. The number of nitrogens with one attached hydrogen (secondary N) is 1. The lowest BCUT2D eigenvalue weighted by Gasteiger charge is -2.33. The Labute approximate surface area is 154 Å². The van der Waals surface area contributed by atoms with Gasteiger partial charge in [0.15, 0.2) is 0 Å². The number of carbonyl (C=O) groups is 1. The molecule has 1 fully saturated rings. The Morgan fingerprint density at radius 3 is 2.81 bits per heavy atom. The zero-order valence-electron chi connectivity index (χ0n) is 14.5. The number of halogens is 2. The average Bonchev–Trinajstić information content (AvgIpc) is 3.12. The Kier molecular flexibility index (Phi) is 4.65. The van der Waals surface area contributed by atoms with Crippen LogP contribution in [-0.2, 0) is 4.74 Å². The van der Waals surface area contributed by atoms with Crippen molar-refractivity contribution in [2.75, 3.05) is 26.3 Å². The highest BCUT2D eigenvalue weighted by Gasteiger charge is 2.30. The highest BCUT2D eigenvalue weighted by molar-refractivity contribution is 6.00. The van der Waals surface area contributed by atoms with Gasteiger partial charge in [0.2, 0.25) is 0 Å². The first kappa shape index (κ1) is 17.7. The lowest BCUT2D eigenvalue weighted by atomic mass is 9.89. The number of aromatic nitrogens is 2. The summed E-state index contributed by atoms with van der Waals surface area (Å²) in [6, 6.07) is 4.76. The first-order valence-electron chi connectivity index (χ1n) is 8.79. The molecule has 2 aromatic rings. The van der Waals surface area contributed by atoms with Gasteiger partial charge in [-0.05, 0) is 24.6 Å². The summed E-state index contributed by atoms with van der Waals surface area (Å²) >= 11 is 0. The van der Waals surface area contributed by atoms with E-state index in [1.54, 1.807) is 12.1 Å². The van der Waals surface area contributed by atoms with Gasteiger partial charge in [0.1, 0.15) is 11.3 Å². The third-order valence-corrected chi connectivity index (χ3v) is 5.00. The molecule has 6 nitrogen and oxygen atoms in total. The summed E-state index contributed by atoms with van der Waals surface area (Å²) in [4.78, 5) is 20.8. The quantitative estimate of drug-likeness (QED) is 0.858. The minimum absolute atomic E-state index is 0.00470. The van der Waals surface area contributed by atoms with Crippen molar-refractivity contribution in [3.63, 3.8) is 0 Å². The van der Waals surface area contributed by atoms with Crippen LogP contribution < -0.4 is 0 Å². The van der Waals surface area contributed by atoms with Gasteiger partial charge in [-0.1, -0.05) is 12.1 Å². The Bertz CT molecular complexity index is 929. The number of imidazole rings is 1. The fourth-order valence-corrected chi connectivity index (χ4v) is 3.62. The first-order chi connectivity index (χ1) is 13.0. The maximum absolute atomic E-state index is 13.8. The maximum atomic E-state index is 13.8. The molecular formula is C19H19F2N3O3. The minimum Gasteiger partial charge on any atom is -0.478 e. The fraction of sp³-hybridized carbons (Fsp3) is 0.368. The molecule has 4 rings (SSSR count). The van der Waals surface area contributed by atoms with E-state index in [-0.39, 0.29) is 16.7 Å². The highest BCUT2D eigenvalue weighted by atomic mass is 19.3. The van der Waals surface area contributed by atoms with Gasteiger partial charge in [0.25, 0.3) is 6.43 Å². The predicted molar refractivity (Wildman–Crippen MR) is 95.0 cm³/mol. The second-order valence-electron chi connectivity index (χ2n) is 6.59. The largest absolute Gasteiger partial charge is 0.478 e. The van der Waals surface area contributed by atoms with Crippen LogP contribution in [0, 0.1) is 0 Å². The number of carboxylic acid groups (broad SMARTS) is 1. The SMILES string of the molecule is O=C(O)c1cccc2[nH]c(C3CC=C(N4CCOCC4)C=C3C(F)F)nc12. The minimum atomic E-state index is -2.62. The number of alkyl halides is 2. The van der Waals surface area contributed by atoms with E-state index < -0.39 is 18.3 Å². The Hall–Kier alpha value is -2.74. The van der Waals surface area contributed by atoms with Gasteiger partial charge in [0.05, 0.1) is 24.3 Å². The summed E-state index contributed by atoms with van der Waals surface area (Å²) in [7, 11) is 0. The number of morpholine rings is 1. The van der Waals surface area contributed by atoms with E-state index in [1.807, 2.05) is 11.0 Å². The van der Waals surface area contributed by atoms with Crippen molar-refractivity contribution in [3.05, 3.63) is 53.0 Å². The third-order valence-electron chi connectivity index (χ3n) is 5.00. The van der Waals surface area contributed by atoms with E-state index in [1.165, 1.54) is 12.1 Å². The number of benzene rings is 1. The zero-order chi connectivity index (χ0) is 19.0. The molecule has 1 atom stereocenters. The highest BCUT2D eigenvalue weighted by Crippen LogP contribution is 2.37. The number of rotatable bonds is 4. The molecule has 1 unspecified atom stereocenters. The number of ether oxygens (including phenoxy) is 1. The van der Waals surface area contributed by atoms with Gasteiger partial charge < -0.3 is 19.7 Å². The molecule has 1 aliphatic heterocycles. The summed E-state index contributed by atoms with van der Waals surface area (Å²) in [6.45, 7) is 2.52. The standard InChI is InChI=1S/C19H19F2N3O3/c20-17(21)14-10-11(24-6-8-27-9-7-24)4-5-12(14)18-22-15-3-1-2-13(19(25)26)16(15)23-18/h1-4,10,12,17H,5-9H2,(H,22,23)(H,25,26). The van der Waals surface area contributed by atoms with Crippen molar-refractivity contribution < 1.29 is 23.4 Å². The zero-order valence-corrected chi connectivity index (χ0v) is 14.5. The summed E-state index contributed by atoms with van der Waals surface area (Å²) in [5, 5.41) is 9.31. The molecule has 1 saturated heterocycles. The molecule has 1 aromatic heterocycles. The third kappa shape index (κ3) is 3.32. The summed E-state index contributed by atoms with van der Waals surface area (Å²) in [6.07, 6.45) is 1.24. The van der Waals surface area contributed by atoms with Crippen LogP contribution >= 0.6 is 0 Å². The van der Waals surface area contributed by atoms with Gasteiger partial charge in [-0.2, -0.15) is 0 Å². The van der Waals surface area contributed by atoms with Gasteiger partial charge in [-0.3, -0.25) is 0 Å². The summed E-state index contributed by atoms with van der Waals surface area (Å²) in [5.74, 6) is -1.34. The van der Waals surface area contributed by atoms with E-state index >= 15 is 0 Å². The van der Waals surface area contributed by atoms with Crippen molar-refractivity contribution in [2.45, 2.75) is 18.8 Å². The molecule has 8 heteroatoms. The van der Waals surface area contributed by atoms with E-state index in [4.69, 9.17) is 4.74 Å². The van der Waals surface area contributed by atoms with Crippen molar-refractivity contribution in [2.24, 2.45) is 0 Å². The van der Waals surface area contributed by atoms with Gasteiger partial charge in [-0.25, -0.2) is 18.6 Å². The smallest absolute Gasteiger partial charge is 0.337 e. The average molecular weight is 375 g/mol. The van der Waals surface area contributed by atoms with Crippen LogP contribution in [0.4, 0.5) is 8.78 Å². The number of hydrogen-bond donors (Lipinski definition) is 2. The summed E-state index contributed by atoms with van der Waals surface area (Å²) in [5.41, 5.74) is 1.65. The number of nitrogens with zero attached hydrogens (tertiary/aromatic N) is 2. The number of fused-ring (bicyclic) bond motifs is 1. The monoisotopic (exact) mass is 375 g/mol. The van der Waals surface area contributed by atoms with E-state index in [0.29, 0.717) is 44.1 Å². The molecule has 1 aromatic carbocycles. The number of allylic oxidation sites excluding steroid dienone is 3. The normalized spacial score (nSPS) is 20.7. The molecule has 2 heterocycles. The van der Waals surface area contributed by atoms with Crippen LogP contribution in [0.2, 0.25) is 0 Å². The van der Waals surface area contributed by atoms with Crippen LogP contribution in [0.5, 0.6) is 0 Å². The molecule has 1 aliphatic carbocycles.